The first-order chi connectivity index (χ1) is 9.52. The van der Waals surface area contributed by atoms with Crippen LogP contribution in [0.4, 0.5) is 0 Å². The van der Waals surface area contributed by atoms with E-state index in [1.54, 1.807) is 6.20 Å². The largest absolute Gasteiger partial charge is 0.481 e. The second kappa shape index (κ2) is 8.26. The van der Waals surface area contributed by atoms with E-state index in [0.717, 1.165) is 6.42 Å². The molecule has 8 heteroatoms. The van der Waals surface area contributed by atoms with Gasteiger partial charge in [0.1, 0.15) is 0 Å². The summed E-state index contributed by atoms with van der Waals surface area (Å²) in [5.41, 5.74) is 5.64. The third-order valence-electron chi connectivity index (χ3n) is 2.90. The van der Waals surface area contributed by atoms with Crippen molar-refractivity contribution < 1.29 is 14.7 Å². The minimum atomic E-state index is -0.794. The number of carbonyl (C=O) groups is 2. The maximum Gasteiger partial charge on any atom is 0.303 e. The normalized spacial score (nSPS) is 12.1. The van der Waals surface area contributed by atoms with Crippen LogP contribution in [0.2, 0.25) is 0 Å². The summed E-state index contributed by atoms with van der Waals surface area (Å²) in [5.74, 6) is -0.824. The van der Waals surface area contributed by atoms with E-state index in [-0.39, 0.29) is 23.9 Å². The van der Waals surface area contributed by atoms with Gasteiger partial charge in [-0.1, -0.05) is 12.1 Å². The van der Waals surface area contributed by atoms with Crippen LogP contribution in [0.1, 0.15) is 36.7 Å². The number of aliphatic carboxylic acids is 1. The van der Waals surface area contributed by atoms with Crippen LogP contribution in [0.5, 0.6) is 0 Å². The highest BCUT2D eigenvalue weighted by atomic mass is 16.4. The van der Waals surface area contributed by atoms with Crippen molar-refractivity contribution in [3.05, 3.63) is 11.9 Å². The van der Waals surface area contributed by atoms with Crippen LogP contribution in [-0.2, 0) is 11.3 Å². The molecule has 0 radical (unpaired) electrons. The summed E-state index contributed by atoms with van der Waals surface area (Å²) in [6, 6.07) is 0. The van der Waals surface area contributed by atoms with Crippen LogP contribution >= 0.6 is 0 Å². The molecule has 0 aliphatic carbocycles. The number of carboxylic acids is 1. The first kappa shape index (κ1) is 16.1. The second-order valence-corrected chi connectivity index (χ2v) is 4.74. The lowest BCUT2D eigenvalue weighted by Crippen LogP contribution is -2.26. The first-order valence-electron chi connectivity index (χ1n) is 6.63. The maximum atomic E-state index is 11.8. The lowest BCUT2D eigenvalue weighted by Gasteiger charge is -2.09. The number of carbonyl (C=O) groups excluding carboxylic acids is 1. The number of hydrogen-bond acceptors (Lipinski definition) is 5. The van der Waals surface area contributed by atoms with E-state index in [1.807, 2.05) is 6.92 Å². The molecule has 0 saturated carbocycles. The molecule has 0 aliphatic heterocycles. The number of amides is 1. The molecule has 4 N–H and O–H groups in total. The van der Waals surface area contributed by atoms with Crippen molar-refractivity contribution in [3.63, 3.8) is 0 Å². The van der Waals surface area contributed by atoms with Crippen LogP contribution < -0.4 is 11.1 Å². The molecule has 0 aliphatic rings. The number of aromatic nitrogens is 3. The molecule has 20 heavy (non-hydrogen) atoms. The molecule has 8 nitrogen and oxygen atoms in total. The highest BCUT2D eigenvalue weighted by Gasteiger charge is 2.11. The molecule has 1 aromatic rings. The van der Waals surface area contributed by atoms with E-state index < -0.39 is 5.97 Å². The molecule has 1 atom stereocenters. The molecule has 0 bridgehead atoms. The Balaban J connectivity index is 2.26. The summed E-state index contributed by atoms with van der Waals surface area (Å²) in [7, 11) is 0. The van der Waals surface area contributed by atoms with Gasteiger partial charge in [-0.2, -0.15) is 0 Å². The molecule has 1 rings (SSSR count). The summed E-state index contributed by atoms with van der Waals surface area (Å²) < 4.78 is 1.52. The number of carboxylic acid groups (broad SMARTS) is 1. The molecule has 0 fully saturated rings. The molecule has 112 valence electrons. The summed E-state index contributed by atoms with van der Waals surface area (Å²) in [6.45, 7) is 3.41. The SMILES string of the molecule is CC(CCNC(=O)c1cn(CCN)nn1)CCC(=O)O. The third kappa shape index (κ3) is 5.79. The summed E-state index contributed by atoms with van der Waals surface area (Å²) in [4.78, 5) is 22.2. The Morgan fingerprint density at radius 1 is 1.50 bits per heavy atom. The minimum Gasteiger partial charge on any atom is -0.481 e. The zero-order valence-electron chi connectivity index (χ0n) is 11.6. The fourth-order valence-electron chi connectivity index (χ4n) is 1.68. The Hall–Kier alpha value is -1.96. The smallest absolute Gasteiger partial charge is 0.303 e. The van der Waals surface area contributed by atoms with Gasteiger partial charge in [0.05, 0.1) is 12.7 Å². The topological polar surface area (TPSA) is 123 Å². The first-order valence-corrected chi connectivity index (χ1v) is 6.63. The standard InChI is InChI=1S/C12H21N5O3/c1-9(2-3-11(18)19)4-6-14-12(20)10-8-17(7-5-13)16-15-10/h8-9H,2-7,13H2,1H3,(H,14,20)(H,18,19). The molecule has 0 spiro atoms. The lowest BCUT2D eigenvalue weighted by molar-refractivity contribution is -0.137. The molecular weight excluding hydrogens is 262 g/mol. The fourth-order valence-corrected chi connectivity index (χ4v) is 1.68. The highest BCUT2D eigenvalue weighted by Crippen LogP contribution is 2.09. The van der Waals surface area contributed by atoms with E-state index in [9.17, 15) is 9.59 Å². The predicted molar refractivity (Wildman–Crippen MR) is 72.1 cm³/mol. The molecule has 1 amide bonds. The minimum absolute atomic E-state index is 0.155. The zero-order valence-corrected chi connectivity index (χ0v) is 11.6. The van der Waals surface area contributed by atoms with Gasteiger partial charge in [-0.15, -0.1) is 5.10 Å². The maximum absolute atomic E-state index is 11.8. The molecular formula is C12H21N5O3. The average Bonchev–Trinajstić information content (AvgIpc) is 2.85. The van der Waals surface area contributed by atoms with E-state index in [4.69, 9.17) is 10.8 Å². The van der Waals surface area contributed by atoms with E-state index in [0.29, 0.717) is 26.1 Å². The molecule has 1 unspecified atom stereocenters. The Bertz CT molecular complexity index is 446. The summed E-state index contributed by atoms with van der Waals surface area (Å²) in [5, 5.41) is 18.9. The van der Waals surface area contributed by atoms with Crippen molar-refractivity contribution in [2.24, 2.45) is 11.7 Å². The van der Waals surface area contributed by atoms with Crippen molar-refractivity contribution >= 4 is 11.9 Å². The summed E-state index contributed by atoms with van der Waals surface area (Å²) >= 11 is 0. The molecule has 0 saturated heterocycles. The second-order valence-electron chi connectivity index (χ2n) is 4.74. The van der Waals surface area contributed by atoms with Crippen molar-refractivity contribution in [1.29, 1.82) is 0 Å². The van der Waals surface area contributed by atoms with Crippen LogP contribution in [0.3, 0.4) is 0 Å². The number of nitrogens with zero attached hydrogens (tertiary/aromatic N) is 3. The van der Waals surface area contributed by atoms with Gasteiger partial charge in [0.2, 0.25) is 0 Å². The van der Waals surface area contributed by atoms with Gasteiger partial charge < -0.3 is 16.2 Å². The van der Waals surface area contributed by atoms with Crippen LogP contribution in [-0.4, -0.2) is 45.1 Å². The zero-order chi connectivity index (χ0) is 15.0. The van der Waals surface area contributed by atoms with E-state index in [1.165, 1.54) is 4.68 Å². The summed E-state index contributed by atoms with van der Waals surface area (Å²) in [6.07, 6.45) is 3.05. The van der Waals surface area contributed by atoms with E-state index in [2.05, 4.69) is 15.6 Å². The van der Waals surface area contributed by atoms with Crippen LogP contribution in [0, 0.1) is 5.92 Å². The van der Waals surface area contributed by atoms with Gasteiger partial charge in [0, 0.05) is 19.5 Å². The number of hydrogen-bond donors (Lipinski definition) is 3. The quantitative estimate of drug-likeness (QED) is 0.579. The van der Waals surface area contributed by atoms with Gasteiger partial charge in [-0.05, 0) is 18.8 Å². The van der Waals surface area contributed by atoms with Gasteiger partial charge in [0.25, 0.3) is 5.91 Å². The average molecular weight is 283 g/mol. The van der Waals surface area contributed by atoms with Gasteiger partial charge >= 0.3 is 5.97 Å². The van der Waals surface area contributed by atoms with Crippen molar-refractivity contribution in [3.8, 4) is 0 Å². The predicted octanol–water partition coefficient (Wildman–Crippen LogP) is -0.142. The fraction of sp³-hybridized carbons (Fsp3) is 0.667. The van der Waals surface area contributed by atoms with E-state index >= 15 is 0 Å². The molecule has 1 heterocycles. The highest BCUT2D eigenvalue weighted by molar-refractivity contribution is 5.91. The van der Waals surface area contributed by atoms with Gasteiger partial charge in [-0.3, -0.25) is 14.3 Å². The van der Waals surface area contributed by atoms with Crippen molar-refractivity contribution in [2.45, 2.75) is 32.7 Å². The molecule has 0 aromatic carbocycles. The van der Waals surface area contributed by atoms with Crippen molar-refractivity contribution in [1.82, 2.24) is 20.3 Å². The van der Waals surface area contributed by atoms with Crippen molar-refractivity contribution in [2.75, 3.05) is 13.1 Å². The Morgan fingerprint density at radius 2 is 2.25 bits per heavy atom. The van der Waals surface area contributed by atoms with Crippen LogP contribution in [0.15, 0.2) is 6.20 Å². The Labute approximate surface area is 117 Å². The van der Waals surface area contributed by atoms with Gasteiger partial charge in [-0.25, -0.2) is 0 Å². The third-order valence-corrected chi connectivity index (χ3v) is 2.90. The number of rotatable bonds is 9. The number of nitrogens with two attached hydrogens (primary N) is 1. The van der Waals surface area contributed by atoms with Crippen LogP contribution in [0.25, 0.3) is 0 Å². The lowest BCUT2D eigenvalue weighted by atomic mass is 10.0. The molecule has 1 aromatic heterocycles. The number of nitrogens with one attached hydrogen (secondary N) is 1. The Kier molecular flexibility index (Phi) is 6.65. The van der Waals surface area contributed by atoms with Gasteiger partial charge in [0.15, 0.2) is 5.69 Å². The monoisotopic (exact) mass is 283 g/mol. The Morgan fingerprint density at radius 3 is 2.90 bits per heavy atom.